The first-order valence-corrected chi connectivity index (χ1v) is 4.62. The molecule has 1 heteroatoms. The van der Waals surface area contributed by atoms with Crippen molar-refractivity contribution in [3.63, 3.8) is 0 Å². The molecule has 2 rings (SSSR count). The zero-order valence-electron chi connectivity index (χ0n) is 7.77. The van der Waals surface area contributed by atoms with Crippen LogP contribution in [0, 0.1) is 0 Å². The van der Waals surface area contributed by atoms with Crippen molar-refractivity contribution in [2.45, 2.75) is 6.92 Å². The predicted molar refractivity (Wildman–Crippen MR) is 57.6 cm³/mol. The van der Waals surface area contributed by atoms with Gasteiger partial charge in [0.15, 0.2) is 0 Å². The first kappa shape index (κ1) is 8.11. The molecule has 66 valence electrons. The molecule has 0 atom stereocenters. The van der Waals surface area contributed by atoms with E-state index >= 15 is 0 Å². The standard InChI is InChI=1S/C12H13N/c1-2-13-10-6-5-8-11-7-3-4-9-12(11)13/h3-10H,2H2,1H3. The average Bonchev–Trinajstić information content (AvgIpc) is 2.39. The number of benzene rings is 1. The van der Waals surface area contributed by atoms with Gasteiger partial charge in [0.05, 0.1) is 0 Å². The average molecular weight is 171 g/mol. The van der Waals surface area contributed by atoms with E-state index in [0.717, 1.165) is 6.54 Å². The first-order chi connectivity index (χ1) is 6.42. The highest BCUT2D eigenvalue weighted by Gasteiger charge is 2.05. The molecular weight excluding hydrogens is 158 g/mol. The Kier molecular flexibility index (Phi) is 2.17. The Hall–Kier alpha value is -1.50. The van der Waals surface area contributed by atoms with E-state index < -0.39 is 0 Å². The van der Waals surface area contributed by atoms with Gasteiger partial charge >= 0.3 is 0 Å². The molecule has 0 N–H and O–H groups in total. The van der Waals surface area contributed by atoms with Gasteiger partial charge in [0.25, 0.3) is 0 Å². The summed E-state index contributed by atoms with van der Waals surface area (Å²) in [5.41, 5.74) is 2.57. The minimum Gasteiger partial charge on any atom is -0.348 e. The summed E-state index contributed by atoms with van der Waals surface area (Å²) in [6.07, 6.45) is 8.40. The second kappa shape index (κ2) is 3.48. The molecule has 0 radical (unpaired) electrons. The molecule has 0 saturated carbocycles. The van der Waals surface area contributed by atoms with Crippen LogP contribution in [0.15, 0.2) is 42.6 Å². The van der Waals surface area contributed by atoms with Gasteiger partial charge in [-0.05, 0) is 24.6 Å². The Morgan fingerprint density at radius 3 is 2.85 bits per heavy atom. The number of nitrogens with zero attached hydrogens (tertiary/aromatic N) is 1. The van der Waals surface area contributed by atoms with Gasteiger partial charge in [0.1, 0.15) is 0 Å². The van der Waals surface area contributed by atoms with Crippen molar-refractivity contribution in [2.75, 3.05) is 11.4 Å². The summed E-state index contributed by atoms with van der Waals surface area (Å²) in [4.78, 5) is 2.25. The Bertz CT molecular complexity index is 350. The lowest BCUT2D eigenvalue weighted by Crippen LogP contribution is -2.14. The predicted octanol–water partition coefficient (Wildman–Crippen LogP) is 3.05. The largest absolute Gasteiger partial charge is 0.348 e. The van der Waals surface area contributed by atoms with Gasteiger partial charge in [0, 0.05) is 18.4 Å². The summed E-state index contributed by atoms with van der Waals surface area (Å²) < 4.78 is 0. The molecule has 0 bridgehead atoms. The highest BCUT2D eigenvalue weighted by atomic mass is 15.1. The number of fused-ring (bicyclic) bond motifs is 1. The lowest BCUT2D eigenvalue weighted by Gasteiger charge is -2.19. The maximum Gasteiger partial charge on any atom is 0.0479 e. The Morgan fingerprint density at radius 1 is 1.15 bits per heavy atom. The SMILES string of the molecule is CCN1C=CC=Cc2ccccc21. The van der Waals surface area contributed by atoms with Crippen molar-refractivity contribution in [3.05, 3.63) is 48.2 Å². The molecule has 0 spiro atoms. The third kappa shape index (κ3) is 1.50. The summed E-state index contributed by atoms with van der Waals surface area (Å²) in [5.74, 6) is 0. The minimum absolute atomic E-state index is 1.01. The Labute approximate surface area is 79.0 Å². The number of hydrogen-bond donors (Lipinski definition) is 0. The fourth-order valence-electron chi connectivity index (χ4n) is 1.56. The Morgan fingerprint density at radius 2 is 2.00 bits per heavy atom. The summed E-state index contributed by atoms with van der Waals surface area (Å²) in [6.45, 7) is 3.17. The van der Waals surface area contributed by atoms with Crippen LogP contribution in [0.1, 0.15) is 12.5 Å². The normalized spacial score (nSPS) is 14.1. The van der Waals surface area contributed by atoms with E-state index in [9.17, 15) is 0 Å². The molecule has 0 amide bonds. The van der Waals surface area contributed by atoms with Crippen molar-refractivity contribution >= 4 is 11.8 Å². The van der Waals surface area contributed by atoms with Gasteiger partial charge in [-0.25, -0.2) is 0 Å². The first-order valence-electron chi connectivity index (χ1n) is 4.62. The molecule has 13 heavy (non-hydrogen) atoms. The van der Waals surface area contributed by atoms with Crippen LogP contribution >= 0.6 is 0 Å². The topological polar surface area (TPSA) is 3.24 Å². The smallest absolute Gasteiger partial charge is 0.0479 e. The van der Waals surface area contributed by atoms with Gasteiger partial charge in [0.2, 0.25) is 0 Å². The van der Waals surface area contributed by atoms with Gasteiger partial charge in [-0.1, -0.05) is 30.4 Å². The fraction of sp³-hybridized carbons (Fsp3) is 0.167. The van der Waals surface area contributed by atoms with Crippen LogP contribution < -0.4 is 4.90 Å². The van der Waals surface area contributed by atoms with E-state index in [2.05, 4.69) is 60.5 Å². The van der Waals surface area contributed by atoms with Crippen molar-refractivity contribution in [2.24, 2.45) is 0 Å². The maximum atomic E-state index is 2.25. The molecule has 1 aliphatic rings. The molecule has 1 heterocycles. The maximum absolute atomic E-state index is 2.25. The summed E-state index contributed by atoms with van der Waals surface area (Å²) in [7, 11) is 0. The molecule has 0 aliphatic carbocycles. The lowest BCUT2D eigenvalue weighted by molar-refractivity contribution is 1.02. The second-order valence-corrected chi connectivity index (χ2v) is 3.05. The van der Waals surface area contributed by atoms with E-state index in [0.29, 0.717) is 0 Å². The summed E-state index contributed by atoms with van der Waals surface area (Å²) in [6, 6.07) is 8.44. The van der Waals surface area contributed by atoms with E-state index in [-0.39, 0.29) is 0 Å². The van der Waals surface area contributed by atoms with Crippen molar-refractivity contribution in [1.82, 2.24) is 0 Å². The van der Waals surface area contributed by atoms with Gasteiger partial charge in [-0.3, -0.25) is 0 Å². The van der Waals surface area contributed by atoms with Crippen molar-refractivity contribution in [1.29, 1.82) is 0 Å². The third-order valence-corrected chi connectivity index (χ3v) is 2.24. The lowest BCUT2D eigenvalue weighted by atomic mass is 10.1. The molecule has 0 unspecified atom stereocenters. The van der Waals surface area contributed by atoms with Crippen LogP contribution in [-0.2, 0) is 0 Å². The summed E-state index contributed by atoms with van der Waals surface area (Å²) in [5, 5.41) is 0. The van der Waals surface area contributed by atoms with Crippen LogP contribution in [0.2, 0.25) is 0 Å². The highest BCUT2D eigenvalue weighted by molar-refractivity contribution is 5.71. The van der Waals surface area contributed by atoms with Gasteiger partial charge in [-0.15, -0.1) is 0 Å². The fourth-order valence-corrected chi connectivity index (χ4v) is 1.56. The minimum atomic E-state index is 1.01. The molecule has 0 saturated heterocycles. The molecular formula is C12H13N. The zero-order chi connectivity index (χ0) is 9.10. The number of anilines is 1. The van der Waals surface area contributed by atoms with Gasteiger partial charge < -0.3 is 4.90 Å². The third-order valence-electron chi connectivity index (χ3n) is 2.24. The van der Waals surface area contributed by atoms with Crippen LogP contribution in [0.3, 0.4) is 0 Å². The van der Waals surface area contributed by atoms with Crippen molar-refractivity contribution in [3.8, 4) is 0 Å². The molecule has 1 nitrogen and oxygen atoms in total. The van der Waals surface area contributed by atoms with Crippen LogP contribution in [0.5, 0.6) is 0 Å². The summed E-state index contributed by atoms with van der Waals surface area (Å²) >= 11 is 0. The van der Waals surface area contributed by atoms with E-state index in [4.69, 9.17) is 0 Å². The van der Waals surface area contributed by atoms with Crippen LogP contribution in [0.25, 0.3) is 6.08 Å². The molecule has 1 aromatic carbocycles. The monoisotopic (exact) mass is 171 g/mol. The number of rotatable bonds is 1. The van der Waals surface area contributed by atoms with E-state index in [1.807, 2.05) is 0 Å². The second-order valence-electron chi connectivity index (χ2n) is 3.05. The van der Waals surface area contributed by atoms with Crippen molar-refractivity contribution < 1.29 is 0 Å². The van der Waals surface area contributed by atoms with Gasteiger partial charge in [-0.2, -0.15) is 0 Å². The number of allylic oxidation sites excluding steroid dienone is 2. The van der Waals surface area contributed by atoms with Crippen LogP contribution in [-0.4, -0.2) is 6.54 Å². The molecule has 0 fully saturated rings. The Balaban J connectivity index is 2.50. The molecule has 0 aromatic heterocycles. The molecule has 1 aliphatic heterocycles. The number of para-hydroxylation sites is 1. The molecule has 1 aromatic rings. The van der Waals surface area contributed by atoms with E-state index in [1.165, 1.54) is 11.3 Å². The highest BCUT2D eigenvalue weighted by Crippen LogP contribution is 2.23. The van der Waals surface area contributed by atoms with E-state index in [1.54, 1.807) is 0 Å². The quantitative estimate of drug-likeness (QED) is 0.627. The number of hydrogen-bond acceptors (Lipinski definition) is 1. The zero-order valence-corrected chi connectivity index (χ0v) is 7.77. The van der Waals surface area contributed by atoms with Crippen LogP contribution in [0.4, 0.5) is 5.69 Å².